The van der Waals surface area contributed by atoms with Crippen molar-refractivity contribution in [3.63, 3.8) is 0 Å². The van der Waals surface area contributed by atoms with Crippen molar-refractivity contribution in [2.24, 2.45) is 0 Å². The first kappa shape index (κ1) is 13.4. The van der Waals surface area contributed by atoms with Crippen LogP contribution in [-0.2, 0) is 0 Å². The maximum absolute atomic E-state index is 13.3. The summed E-state index contributed by atoms with van der Waals surface area (Å²) in [5.74, 6) is -0.171. The van der Waals surface area contributed by atoms with E-state index in [9.17, 15) is 8.78 Å². The molecule has 0 aliphatic heterocycles. The van der Waals surface area contributed by atoms with E-state index in [1.165, 1.54) is 18.2 Å². The van der Waals surface area contributed by atoms with Gasteiger partial charge in [0.15, 0.2) is 0 Å². The van der Waals surface area contributed by atoms with E-state index in [0.29, 0.717) is 12.0 Å². The monoisotopic (exact) mass is 293 g/mol. The Labute approximate surface area is 121 Å². The van der Waals surface area contributed by atoms with E-state index >= 15 is 0 Å². The maximum atomic E-state index is 13.3. The molecule has 4 heteroatoms. The number of anilines is 1. The molecule has 0 amide bonds. The van der Waals surface area contributed by atoms with Gasteiger partial charge in [-0.1, -0.05) is 23.7 Å². The molecule has 0 spiro atoms. The zero-order valence-corrected chi connectivity index (χ0v) is 11.5. The first-order valence-corrected chi connectivity index (χ1v) is 6.96. The van der Waals surface area contributed by atoms with Gasteiger partial charge in [0.2, 0.25) is 0 Å². The smallest absolute Gasteiger partial charge is 0.143 e. The molecule has 0 bridgehead atoms. The summed E-state index contributed by atoms with van der Waals surface area (Å²) in [7, 11) is 0. The van der Waals surface area contributed by atoms with Crippen LogP contribution in [0.2, 0.25) is 5.02 Å². The molecular formula is C16H14ClF2N. The van der Waals surface area contributed by atoms with Gasteiger partial charge >= 0.3 is 0 Å². The molecule has 2 aromatic rings. The van der Waals surface area contributed by atoms with E-state index in [4.69, 9.17) is 11.6 Å². The molecule has 1 fully saturated rings. The lowest BCUT2D eigenvalue weighted by Gasteiger charge is -2.37. The summed E-state index contributed by atoms with van der Waals surface area (Å²) in [5, 5.41) is 3.42. The van der Waals surface area contributed by atoms with Crippen molar-refractivity contribution in [3.8, 4) is 0 Å². The highest BCUT2D eigenvalue weighted by Crippen LogP contribution is 2.38. The lowest BCUT2D eigenvalue weighted by Crippen LogP contribution is -2.34. The van der Waals surface area contributed by atoms with Crippen LogP contribution in [0.15, 0.2) is 42.5 Å². The highest BCUT2D eigenvalue weighted by Gasteiger charge is 2.30. The van der Waals surface area contributed by atoms with Crippen LogP contribution >= 0.6 is 11.6 Å². The molecule has 1 saturated carbocycles. The minimum atomic E-state index is -0.411. The van der Waals surface area contributed by atoms with Crippen LogP contribution in [0.25, 0.3) is 0 Å². The SMILES string of the molecule is Fc1ccc(C2CC(Nc3ccc(Cl)c(F)c3)C2)cc1. The molecule has 1 N–H and O–H groups in total. The summed E-state index contributed by atoms with van der Waals surface area (Å²) < 4.78 is 26.2. The predicted octanol–water partition coefficient (Wildman–Crippen LogP) is 4.98. The Balaban J connectivity index is 1.58. The molecule has 104 valence electrons. The van der Waals surface area contributed by atoms with Crippen molar-refractivity contribution in [1.29, 1.82) is 0 Å². The van der Waals surface area contributed by atoms with Gasteiger partial charge in [0.05, 0.1) is 5.02 Å². The van der Waals surface area contributed by atoms with Gasteiger partial charge in [-0.3, -0.25) is 0 Å². The summed E-state index contributed by atoms with van der Waals surface area (Å²) in [6, 6.07) is 11.7. The summed E-state index contributed by atoms with van der Waals surface area (Å²) in [6.45, 7) is 0. The number of hydrogen-bond acceptors (Lipinski definition) is 1. The molecule has 0 heterocycles. The highest BCUT2D eigenvalue weighted by molar-refractivity contribution is 6.30. The molecule has 3 rings (SSSR count). The first-order valence-electron chi connectivity index (χ1n) is 6.59. The molecule has 1 aliphatic carbocycles. The molecule has 2 aromatic carbocycles. The van der Waals surface area contributed by atoms with Crippen LogP contribution in [0.1, 0.15) is 24.3 Å². The molecule has 0 saturated heterocycles. The minimum Gasteiger partial charge on any atom is -0.382 e. The van der Waals surface area contributed by atoms with Crippen LogP contribution in [0, 0.1) is 11.6 Å². The van der Waals surface area contributed by atoms with Crippen molar-refractivity contribution >= 4 is 17.3 Å². The first-order chi connectivity index (χ1) is 9.61. The molecule has 0 radical (unpaired) electrons. The third-order valence-electron chi connectivity index (χ3n) is 3.77. The molecule has 0 unspecified atom stereocenters. The van der Waals surface area contributed by atoms with E-state index in [1.54, 1.807) is 12.1 Å². The Morgan fingerprint density at radius 3 is 2.35 bits per heavy atom. The summed E-state index contributed by atoms with van der Waals surface area (Å²) in [6.07, 6.45) is 1.94. The zero-order chi connectivity index (χ0) is 14.1. The van der Waals surface area contributed by atoms with Crippen LogP contribution in [0.4, 0.5) is 14.5 Å². The Bertz CT molecular complexity index is 606. The number of benzene rings is 2. The maximum Gasteiger partial charge on any atom is 0.143 e. The second kappa shape index (κ2) is 5.41. The number of halogens is 3. The second-order valence-corrected chi connectivity index (χ2v) is 5.60. The van der Waals surface area contributed by atoms with Crippen molar-refractivity contribution in [1.82, 2.24) is 0 Å². The van der Waals surface area contributed by atoms with Crippen molar-refractivity contribution in [2.45, 2.75) is 24.8 Å². The van der Waals surface area contributed by atoms with Crippen LogP contribution in [-0.4, -0.2) is 6.04 Å². The van der Waals surface area contributed by atoms with Crippen molar-refractivity contribution < 1.29 is 8.78 Å². The quantitative estimate of drug-likeness (QED) is 0.842. The van der Waals surface area contributed by atoms with Crippen LogP contribution in [0.5, 0.6) is 0 Å². The Morgan fingerprint density at radius 2 is 1.70 bits per heavy atom. The molecule has 20 heavy (non-hydrogen) atoms. The van der Waals surface area contributed by atoms with Gasteiger partial charge in [-0.05, 0) is 54.7 Å². The summed E-state index contributed by atoms with van der Waals surface area (Å²) in [5.41, 5.74) is 1.90. The van der Waals surface area contributed by atoms with E-state index in [1.807, 2.05) is 12.1 Å². The van der Waals surface area contributed by atoms with Crippen molar-refractivity contribution in [2.75, 3.05) is 5.32 Å². The van der Waals surface area contributed by atoms with E-state index in [0.717, 1.165) is 24.1 Å². The van der Waals surface area contributed by atoms with Gasteiger partial charge in [-0.2, -0.15) is 0 Å². The average molecular weight is 294 g/mol. The number of rotatable bonds is 3. The van der Waals surface area contributed by atoms with E-state index in [2.05, 4.69) is 5.32 Å². The molecule has 0 aromatic heterocycles. The molecule has 1 aliphatic rings. The van der Waals surface area contributed by atoms with Crippen LogP contribution in [0.3, 0.4) is 0 Å². The second-order valence-electron chi connectivity index (χ2n) is 5.19. The molecule has 0 atom stereocenters. The van der Waals surface area contributed by atoms with Gasteiger partial charge in [0, 0.05) is 11.7 Å². The zero-order valence-electron chi connectivity index (χ0n) is 10.7. The Hall–Kier alpha value is -1.61. The van der Waals surface area contributed by atoms with Gasteiger partial charge in [0.25, 0.3) is 0 Å². The standard InChI is InChI=1S/C16H14ClF2N/c17-15-6-5-13(9-16(15)19)20-14-7-11(8-14)10-1-3-12(18)4-2-10/h1-6,9,11,14,20H,7-8H2. The number of nitrogens with one attached hydrogen (secondary N) is 1. The number of hydrogen-bond donors (Lipinski definition) is 1. The van der Waals surface area contributed by atoms with Crippen molar-refractivity contribution in [3.05, 3.63) is 64.7 Å². The van der Waals surface area contributed by atoms with Crippen LogP contribution < -0.4 is 5.32 Å². The Morgan fingerprint density at radius 1 is 1.00 bits per heavy atom. The van der Waals surface area contributed by atoms with Gasteiger partial charge in [-0.15, -0.1) is 0 Å². The lowest BCUT2D eigenvalue weighted by molar-refractivity contribution is 0.374. The molecule has 1 nitrogen and oxygen atoms in total. The fraction of sp³-hybridized carbons (Fsp3) is 0.250. The normalized spacial score (nSPS) is 21.4. The van der Waals surface area contributed by atoms with Gasteiger partial charge in [-0.25, -0.2) is 8.78 Å². The average Bonchev–Trinajstić information content (AvgIpc) is 2.39. The summed E-state index contributed by atoms with van der Waals surface area (Å²) in [4.78, 5) is 0. The van der Waals surface area contributed by atoms with E-state index in [-0.39, 0.29) is 10.8 Å². The molecular weight excluding hydrogens is 280 g/mol. The Kier molecular flexibility index (Phi) is 3.62. The summed E-state index contributed by atoms with van der Waals surface area (Å²) >= 11 is 5.65. The largest absolute Gasteiger partial charge is 0.382 e. The van der Waals surface area contributed by atoms with Gasteiger partial charge in [0.1, 0.15) is 11.6 Å². The topological polar surface area (TPSA) is 12.0 Å². The van der Waals surface area contributed by atoms with Gasteiger partial charge < -0.3 is 5.32 Å². The highest BCUT2D eigenvalue weighted by atomic mass is 35.5. The van der Waals surface area contributed by atoms with E-state index < -0.39 is 5.82 Å². The lowest BCUT2D eigenvalue weighted by atomic mass is 9.76. The fourth-order valence-corrected chi connectivity index (χ4v) is 2.68. The third-order valence-corrected chi connectivity index (χ3v) is 4.08. The predicted molar refractivity (Wildman–Crippen MR) is 77.2 cm³/mol. The fourth-order valence-electron chi connectivity index (χ4n) is 2.56. The minimum absolute atomic E-state index is 0.133. The third kappa shape index (κ3) is 2.78.